The Labute approximate surface area is 363 Å². The predicted molar refractivity (Wildman–Crippen MR) is 241 cm³/mol. The van der Waals surface area contributed by atoms with E-state index in [1.54, 1.807) is 53.3 Å². The van der Waals surface area contributed by atoms with Crippen molar-refractivity contribution in [2.45, 2.75) is 57.9 Å². The molecule has 61 heavy (non-hydrogen) atoms. The van der Waals surface area contributed by atoms with E-state index >= 15 is 0 Å². The summed E-state index contributed by atoms with van der Waals surface area (Å²) in [5.41, 5.74) is 22.8. The molecular weight excluding hydrogens is 782 g/mol. The van der Waals surface area contributed by atoms with Crippen LogP contribution in [-0.2, 0) is 19.4 Å². The highest BCUT2D eigenvalue weighted by molar-refractivity contribution is 5.85. The summed E-state index contributed by atoms with van der Waals surface area (Å²) < 4.78 is 5.49. The van der Waals surface area contributed by atoms with Crippen LogP contribution in [0.3, 0.4) is 0 Å². The number of nitrogen functional groups attached to an aromatic ring is 2. The molecule has 310 valence electrons. The highest BCUT2D eigenvalue weighted by Gasteiger charge is 2.21. The quantitative estimate of drug-likeness (QED) is 0.0722. The lowest BCUT2D eigenvalue weighted by molar-refractivity contribution is 0.702. The molecule has 3 heterocycles. The summed E-state index contributed by atoms with van der Waals surface area (Å²) in [5.74, 6) is 7.51. The zero-order valence-corrected chi connectivity index (χ0v) is 34.7. The summed E-state index contributed by atoms with van der Waals surface area (Å²) in [7, 11) is 0. The third-order valence-corrected chi connectivity index (χ3v) is 10.0. The number of rotatable bonds is 11. The van der Waals surface area contributed by atoms with Gasteiger partial charge in [0.05, 0.1) is 63.3 Å². The fraction of sp³-hybridized carbons (Fsp3) is 0.234. The summed E-state index contributed by atoms with van der Waals surface area (Å²) in [6.45, 7) is 0.589. The van der Waals surface area contributed by atoms with Gasteiger partial charge in [0, 0.05) is 36.9 Å². The minimum absolute atomic E-state index is 0. The van der Waals surface area contributed by atoms with Gasteiger partial charge in [0.15, 0.2) is 0 Å². The summed E-state index contributed by atoms with van der Waals surface area (Å²) >= 11 is 0. The van der Waals surface area contributed by atoms with Crippen molar-refractivity contribution in [3.63, 3.8) is 0 Å². The smallest absolute Gasteiger partial charge is 0.145 e. The van der Waals surface area contributed by atoms with Gasteiger partial charge in [-0.15, -0.1) is 12.4 Å². The summed E-state index contributed by atoms with van der Waals surface area (Å²) in [4.78, 5) is 0. The Balaban J connectivity index is 0.000000157. The third kappa shape index (κ3) is 14.2. The normalized spacial score (nSPS) is 12.2. The number of hydrogen-bond acceptors (Lipinski definition) is 10. The minimum atomic E-state index is 0. The van der Waals surface area contributed by atoms with Crippen LogP contribution in [0.1, 0.15) is 72.2 Å². The molecule has 14 heteroatoms. The van der Waals surface area contributed by atoms with E-state index in [9.17, 15) is 0 Å². The SMILES string of the molecule is Cl.N#Cc1ccc(-n2ccc(CCC3CC3)n2)cc1.N#Cc1ccc(-n2ccc(N)n2)cc1.N#Cc1ccc(NN)cc1.NCc1ccc(-n2ccc(CCC3CC3)n2)cc1. The first-order valence-corrected chi connectivity index (χ1v) is 20.0. The van der Waals surface area contributed by atoms with Gasteiger partial charge >= 0.3 is 0 Å². The van der Waals surface area contributed by atoms with Crippen molar-refractivity contribution in [2.75, 3.05) is 11.2 Å². The van der Waals surface area contributed by atoms with E-state index in [-0.39, 0.29) is 12.4 Å². The molecular formula is C47H50ClN13. The van der Waals surface area contributed by atoms with Crippen molar-refractivity contribution >= 4 is 23.9 Å². The molecule has 0 atom stereocenters. The number of nitriles is 3. The Kier molecular flexibility index (Phi) is 16.8. The lowest BCUT2D eigenvalue weighted by Gasteiger charge is -2.02. The van der Waals surface area contributed by atoms with Crippen molar-refractivity contribution < 1.29 is 0 Å². The van der Waals surface area contributed by atoms with Crippen molar-refractivity contribution in [3.05, 3.63) is 167 Å². The molecule has 0 spiro atoms. The Morgan fingerprint density at radius 3 is 1.26 bits per heavy atom. The summed E-state index contributed by atoms with van der Waals surface area (Å²) in [5, 5.41) is 39.0. The first-order chi connectivity index (χ1) is 29.4. The van der Waals surface area contributed by atoms with E-state index in [4.69, 9.17) is 33.1 Å². The van der Waals surface area contributed by atoms with E-state index in [1.807, 2.05) is 64.2 Å². The van der Waals surface area contributed by atoms with Gasteiger partial charge in [-0.1, -0.05) is 37.8 Å². The zero-order chi connectivity index (χ0) is 42.1. The van der Waals surface area contributed by atoms with Gasteiger partial charge in [-0.3, -0.25) is 5.84 Å². The van der Waals surface area contributed by atoms with Crippen LogP contribution in [0.2, 0.25) is 0 Å². The van der Waals surface area contributed by atoms with Crippen LogP contribution in [0, 0.1) is 45.8 Å². The van der Waals surface area contributed by atoms with Crippen LogP contribution in [0.5, 0.6) is 0 Å². The molecule has 3 aromatic heterocycles. The Bertz CT molecular complexity index is 2510. The second-order valence-corrected chi connectivity index (χ2v) is 14.7. The second-order valence-electron chi connectivity index (χ2n) is 14.7. The van der Waals surface area contributed by atoms with Gasteiger partial charge < -0.3 is 16.9 Å². The number of aromatic nitrogens is 6. The molecule has 13 nitrogen and oxygen atoms in total. The fourth-order valence-corrected chi connectivity index (χ4v) is 6.08. The maximum Gasteiger partial charge on any atom is 0.145 e. The number of nitrogens with one attached hydrogen (secondary N) is 1. The molecule has 0 saturated heterocycles. The monoisotopic (exact) mass is 831 g/mol. The predicted octanol–water partition coefficient (Wildman–Crippen LogP) is 8.35. The van der Waals surface area contributed by atoms with Crippen LogP contribution in [0.25, 0.3) is 17.1 Å². The number of hydrazine groups is 1. The second kappa shape index (κ2) is 22.8. The molecule has 9 rings (SSSR count). The topological polar surface area (TPSA) is 215 Å². The lowest BCUT2D eigenvalue weighted by atomic mass is 10.2. The van der Waals surface area contributed by atoms with Gasteiger partial charge in [0.25, 0.3) is 0 Å². The van der Waals surface area contributed by atoms with Gasteiger partial charge in [0.2, 0.25) is 0 Å². The maximum atomic E-state index is 8.76. The van der Waals surface area contributed by atoms with Crippen molar-refractivity contribution in [1.29, 1.82) is 15.8 Å². The number of anilines is 2. The number of aryl methyl sites for hydroxylation is 2. The molecule has 0 aliphatic heterocycles. The molecule has 2 saturated carbocycles. The van der Waals surface area contributed by atoms with Crippen LogP contribution in [-0.4, -0.2) is 29.3 Å². The minimum Gasteiger partial charge on any atom is -0.382 e. The molecule has 7 N–H and O–H groups in total. The molecule has 0 radical (unpaired) electrons. The highest BCUT2D eigenvalue weighted by atomic mass is 35.5. The number of benzene rings is 4. The maximum absolute atomic E-state index is 8.76. The number of nitrogens with two attached hydrogens (primary N) is 3. The molecule has 0 amide bonds. The molecule has 2 aliphatic rings. The summed E-state index contributed by atoms with van der Waals surface area (Å²) in [6, 6.07) is 41.9. The number of halogens is 1. The molecule has 2 aliphatic carbocycles. The molecule has 4 aromatic carbocycles. The summed E-state index contributed by atoms with van der Waals surface area (Å²) in [6.07, 6.45) is 16.2. The standard InChI is InChI=1S/C15H19N3.C15H15N3.C10H8N4.C7H7N3.ClH/c2*16-11-13-4-7-15(8-5-13)18-10-9-14(17-18)6-3-12-1-2-12;11-7-8-1-3-9(4-2-8)14-6-5-10(12)13-14;8-5-6-1-3-7(10-9)4-2-6;/h4-5,7-10,12H,1-3,6,11,16H2;4-5,7-10,12H,1-3,6H2;1-6H,(H2,12,13);1-4,10H,9H2;1H. The number of hydrogen-bond donors (Lipinski definition) is 4. The van der Waals surface area contributed by atoms with E-state index in [0.29, 0.717) is 29.1 Å². The van der Waals surface area contributed by atoms with Crippen LogP contribution in [0.15, 0.2) is 134 Å². The van der Waals surface area contributed by atoms with Crippen LogP contribution < -0.4 is 22.7 Å². The average molecular weight is 832 g/mol. The van der Waals surface area contributed by atoms with Crippen molar-refractivity contribution in [1.82, 2.24) is 29.3 Å². The van der Waals surface area contributed by atoms with E-state index in [1.165, 1.54) is 44.2 Å². The largest absolute Gasteiger partial charge is 0.382 e. The highest BCUT2D eigenvalue weighted by Crippen LogP contribution is 2.34. The van der Waals surface area contributed by atoms with Crippen molar-refractivity contribution in [2.24, 2.45) is 23.4 Å². The van der Waals surface area contributed by atoms with Gasteiger partial charge in [-0.05, 0) is 140 Å². The van der Waals surface area contributed by atoms with Gasteiger partial charge in [0.1, 0.15) is 5.82 Å². The van der Waals surface area contributed by atoms with Gasteiger partial charge in [-0.2, -0.15) is 31.1 Å². The molecule has 0 bridgehead atoms. The first-order valence-electron chi connectivity index (χ1n) is 20.0. The van der Waals surface area contributed by atoms with Crippen LogP contribution >= 0.6 is 12.4 Å². The lowest BCUT2D eigenvalue weighted by Crippen LogP contribution is -2.05. The number of nitrogens with zero attached hydrogens (tertiary/aromatic N) is 9. The third-order valence-electron chi connectivity index (χ3n) is 10.0. The Hall–Kier alpha value is -7.21. The van der Waals surface area contributed by atoms with E-state index in [0.717, 1.165) is 58.7 Å². The van der Waals surface area contributed by atoms with E-state index in [2.05, 4.69) is 69.3 Å². The molecule has 2 fully saturated rings. The first kappa shape index (κ1) is 44.9. The zero-order valence-electron chi connectivity index (χ0n) is 33.9. The molecule has 7 aromatic rings. The van der Waals surface area contributed by atoms with Crippen molar-refractivity contribution in [3.8, 4) is 35.3 Å². The molecule has 0 unspecified atom stereocenters. The van der Waals surface area contributed by atoms with Gasteiger partial charge in [-0.25, -0.2) is 14.0 Å². The Morgan fingerprint density at radius 2 is 0.918 bits per heavy atom. The fourth-order valence-electron chi connectivity index (χ4n) is 6.08. The average Bonchev–Trinajstić information content (AvgIpc) is 4.17. The van der Waals surface area contributed by atoms with Crippen LogP contribution in [0.4, 0.5) is 11.5 Å². The van der Waals surface area contributed by atoms with E-state index < -0.39 is 0 Å². The Morgan fingerprint density at radius 1 is 0.541 bits per heavy atom.